The number of fused-ring (bicyclic) bond motifs is 1. The molecule has 0 atom stereocenters. The van der Waals surface area contributed by atoms with Crippen molar-refractivity contribution < 1.29 is 14.8 Å². The molecular formula is C18H14N4O4. The molecule has 0 aliphatic carbocycles. The molecule has 0 saturated carbocycles. The lowest BCUT2D eigenvalue weighted by Crippen LogP contribution is -1.97. The molecule has 2 aromatic carbocycles. The summed E-state index contributed by atoms with van der Waals surface area (Å²) in [7, 11) is 1.22. The van der Waals surface area contributed by atoms with Crippen LogP contribution < -0.4 is 4.74 Å². The first-order valence-electron chi connectivity index (χ1n) is 7.57. The topological polar surface area (TPSA) is 125 Å². The SMILES string of the molecule is COc1c(O)ccc(/C=C(\C#N)c2nc3ccc(C)cc3[nH]2)c1[N+](=O)[O-]. The third kappa shape index (κ3) is 2.93. The largest absolute Gasteiger partial charge is 0.504 e. The summed E-state index contributed by atoms with van der Waals surface area (Å²) in [5.74, 6) is -0.315. The third-order valence-electron chi connectivity index (χ3n) is 3.84. The quantitative estimate of drug-likeness (QED) is 0.421. The average Bonchev–Trinajstić information content (AvgIpc) is 3.02. The van der Waals surface area contributed by atoms with Crippen LogP contribution in [-0.2, 0) is 0 Å². The van der Waals surface area contributed by atoms with E-state index in [1.165, 1.54) is 25.3 Å². The van der Waals surface area contributed by atoms with Gasteiger partial charge >= 0.3 is 5.69 Å². The summed E-state index contributed by atoms with van der Waals surface area (Å²) < 4.78 is 4.93. The zero-order valence-corrected chi connectivity index (χ0v) is 14.0. The van der Waals surface area contributed by atoms with E-state index in [0.29, 0.717) is 11.3 Å². The van der Waals surface area contributed by atoms with Crippen molar-refractivity contribution in [2.24, 2.45) is 0 Å². The van der Waals surface area contributed by atoms with Crippen LogP contribution in [0.4, 0.5) is 5.69 Å². The van der Waals surface area contributed by atoms with E-state index in [4.69, 9.17) is 4.74 Å². The predicted octanol–water partition coefficient (Wildman–Crippen LogP) is 3.56. The van der Waals surface area contributed by atoms with Crippen LogP contribution >= 0.6 is 0 Å². The van der Waals surface area contributed by atoms with Crippen molar-refractivity contribution in [3.05, 3.63) is 57.4 Å². The van der Waals surface area contributed by atoms with E-state index in [0.717, 1.165) is 11.1 Å². The first kappa shape index (κ1) is 17.0. The molecule has 1 aromatic heterocycles. The van der Waals surface area contributed by atoms with E-state index in [9.17, 15) is 20.5 Å². The summed E-state index contributed by atoms with van der Waals surface area (Å²) in [6.07, 6.45) is 1.34. The lowest BCUT2D eigenvalue weighted by Gasteiger charge is -2.06. The molecule has 0 saturated heterocycles. The Kier molecular flexibility index (Phi) is 4.29. The predicted molar refractivity (Wildman–Crippen MR) is 95.6 cm³/mol. The van der Waals surface area contributed by atoms with Gasteiger partial charge in [-0.1, -0.05) is 6.07 Å². The molecule has 130 valence electrons. The minimum Gasteiger partial charge on any atom is -0.504 e. The molecule has 0 spiro atoms. The van der Waals surface area contributed by atoms with Crippen molar-refractivity contribution in [3.63, 3.8) is 0 Å². The van der Waals surface area contributed by atoms with Gasteiger partial charge < -0.3 is 14.8 Å². The molecule has 8 heteroatoms. The van der Waals surface area contributed by atoms with Gasteiger partial charge in [-0.05, 0) is 42.8 Å². The Labute approximate surface area is 148 Å². The molecule has 0 radical (unpaired) electrons. The molecule has 3 aromatic rings. The Bertz CT molecular complexity index is 1090. The lowest BCUT2D eigenvalue weighted by atomic mass is 10.1. The Morgan fingerprint density at radius 1 is 1.42 bits per heavy atom. The average molecular weight is 350 g/mol. The second-order valence-corrected chi connectivity index (χ2v) is 5.59. The van der Waals surface area contributed by atoms with E-state index in [2.05, 4.69) is 9.97 Å². The van der Waals surface area contributed by atoms with E-state index < -0.39 is 10.6 Å². The van der Waals surface area contributed by atoms with Crippen molar-refractivity contribution in [2.45, 2.75) is 6.92 Å². The van der Waals surface area contributed by atoms with Gasteiger partial charge in [0, 0.05) is 0 Å². The summed E-state index contributed by atoms with van der Waals surface area (Å²) in [5.41, 5.74) is 2.30. The zero-order chi connectivity index (χ0) is 18.8. The number of H-pyrrole nitrogens is 1. The van der Waals surface area contributed by atoms with Crippen molar-refractivity contribution in [1.82, 2.24) is 9.97 Å². The number of aromatic amines is 1. The molecule has 0 amide bonds. The second-order valence-electron chi connectivity index (χ2n) is 5.59. The van der Waals surface area contributed by atoms with Crippen LogP contribution in [0.2, 0.25) is 0 Å². The number of nitro groups is 1. The number of rotatable bonds is 4. The molecule has 1 heterocycles. The third-order valence-corrected chi connectivity index (χ3v) is 3.84. The molecule has 0 aliphatic rings. The van der Waals surface area contributed by atoms with Gasteiger partial charge in [0.15, 0.2) is 5.75 Å². The maximum absolute atomic E-state index is 11.4. The number of phenols is 1. The number of aromatic nitrogens is 2. The number of benzene rings is 2. The highest BCUT2D eigenvalue weighted by Crippen LogP contribution is 2.40. The Balaban J connectivity index is 2.18. The number of phenolic OH excluding ortho intramolecular Hbond substituents is 1. The highest BCUT2D eigenvalue weighted by molar-refractivity contribution is 5.92. The van der Waals surface area contributed by atoms with Gasteiger partial charge in [0.25, 0.3) is 0 Å². The summed E-state index contributed by atoms with van der Waals surface area (Å²) in [5, 5.41) is 30.7. The Hall–Kier alpha value is -3.86. The molecule has 26 heavy (non-hydrogen) atoms. The van der Waals surface area contributed by atoms with Gasteiger partial charge in [0.1, 0.15) is 11.9 Å². The van der Waals surface area contributed by atoms with Crippen LogP contribution in [0.5, 0.6) is 11.5 Å². The minimum absolute atomic E-state index is 0.120. The molecule has 0 bridgehead atoms. The standard InChI is InChI=1S/C18H14N4O4/c1-10-3-5-13-14(7-10)21-18(20-13)12(9-19)8-11-4-6-15(23)17(26-2)16(11)22(24)25/h3-8,23H,1-2H3,(H,20,21)/b12-8+. The number of nitrogens with zero attached hydrogens (tertiary/aromatic N) is 3. The monoisotopic (exact) mass is 350 g/mol. The molecule has 0 aliphatic heterocycles. The van der Waals surface area contributed by atoms with Crippen LogP contribution in [0.15, 0.2) is 30.3 Å². The van der Waals surface area contributed by atoms with E-state index in [1.54, 1.807) is 0 Å². The van der Waals surface area contributed by atoms with Crippen molar-refractivity contribution in [1.29, 1.82) is 5.26 Å². The van der Waals surface area contributed by atoms with E-state index in [1.807, 2.05) is 31.2 Å². The van der Waals surface area contributed by atoms with Crippen molar-refractivity contribution in [3.8, 4) is 17.6 Å². The number of nitro benzene ring substituents is 1. The first-order chi connectivity index (χ1) is 12.4. The number of methoxy groups -OCH3 is 1. The molecule has 0 fully saturated rings. The number of ether oxygens (including phenoxy) is 1. The van der Waals surface area contributed by atoms with Crippen LogP contribution in [0.25, 0.3) is 22.7 Å². The molecule has 0 unspecified atom stereocenters. The number of allylic oxidation sites excluding steroid dienone is 1. The molecular weight excluding hydrogens is 336 g/mol. The van der Waals surface area contributed by atoms with Crippen molar-refractivity contribution in [2.75, 3.05) is 7.11 Å². The van der Waals surface area contributed by atoms with Gasteiger partial charge in [0.05, 0.1) is 34.2 Å². The fourth-order valence-corrected chi connectivity index (χ4v) is 2.64. The van der Waals surface area contributed by atoms with E-state index >= 15 is 0 Å². The van der Waals surface area contributed by atoms with Crippen LogP contribution in [0.1, 0.15) is 17.0 Å². The van der Waals surface area contributed by atoms with Crippen molar-refractivity contribution >= 4 is 28.4 Å². The number of nitriles is 1. The molecule has 3 rings (SSSR count). The van der Waals surface area contributed by atoms with E-state index in [-0.39, 0.29) is 22.6 Å². The number of hydrogen-bond donors (Lipinski definition) is 2. The lowest BCUT2D eigenvalue weighted by molar-refractivity contribution is -0.386. The number of imidazole rings is 1. The Morgan fingerprint density at radius 3 is 2.85 bits per heavy atom. The van der Waals surface area contributed by atoms with Gasteiger partial charge in [-0.2, -0.15) is 5.26 Å². The van der Waals surface area contributed by atoms with Gasteiger partial charge in [-0.25, -0.2) is 4.98 Å². The first-order valence-corrected chi connectivity index (χ1v) is 7.57. The second kappa shape index (κ2) is 6.57. The smallest absolute Gasteiger partial charge is 0.322 e. The normalized spacial score (nSPS) is 11.3. The Morgan fingerprint density at radius 2 is 2.19 bits per heavy atom. The minimum atomic E-state index is -0.665. The van der Waals surface area contributed by atoms with Gasteiger partial charge in [0.2, 0.25) is 5.75 Å². The molecule has 8 nitrogen and oxygen atoms in total. The zero-order valence-electron chi connectivity index (χ0n) is 14.0. The van der Waals surface area contributed by atoms with Crippen LogP contribution in [0.3, 0.4) is 0 Å². The van der Waals surface area contributed by atoms with Gasteiger partial charge in [-0.15, -0.1) is 0 Å². The maximum atomic E-state index is 11.4. The summed E-state index contributed by atoms with van der Waals surface area (Å²) in [4.78, 5) is 18.2. The summed E-state index contributed by atoms with van der Waals surface area (Å²) >= 11 is 0. The number of aryl methyl sites for hydroxylation is 1. The number of nitrogens with one attached hydrogen (secondary N) is 1. The highest BCUT2D eigenvalue weighted by atomic mass is 16.6. The number of hydrogen-bond acceptors (Lipinski definition) is 6. The van der Waals surface area contributed by atoms with Gasteiger partial charge in [-0.3, -0.25) is 10.1 Å². The summed E-state index contributed by atoms with van der Waals surface area (Å²) in [6.45, 7) is 1.94. The number of aromatic hydroxyl groups is 1. The summed E-state index contributed by atoms with van der Waals surface area (Å²) in [6, 6.07) is 10.2. The fourth-order valence-electron chi connectivity index (χ4n) is 2.64. The van der Waals surface area contributed by atoms with Crippen LogP contribution in [0, 0.1) is 28.4 Å². The maximum Gasteiger partial charge on any atom is 0.322 e. The fraction of sp³-hybridized carbons (Fsp3) is 0.111. The van der Waals surface area contributed by atoms with Crippen LogP contribution in [-0.4, -0.2) is 27.1 Å². The highest BCUT2D eigenvalue weighted by Gasteiger charge is 2.24. The molecule has 2 N–H and O–H groups in total.